The van der Waals surface area contributed by atoms with E-state index in [-0.39, 0.29) is 0 Å². The molecule has 0 unspecified atom stereocenters. The Hall–Kier alpha value is -2.05. The summed E-state index contributed by atoms with van der Waals surface area (Å²) in [5.41, 5.74) is 4.33. The Morgan fingerprint density at radius 1 is 1.15 bits per heavy atom. The van der Waals surface area contributed by atoms with Crippen molar-refractivity contribution in [1.29, 1.82) is 5.26 Å². The van der Waals surface area contributed by atoms with Gasteiger partial charge in [0.15, 0.2) is 0 Å². The first-order valence-corrected chi connectivity index (χ1v) is 7.21. The van der Waals surface area contributed by atoms with E-state index >= 15 is 0 Å². The highest BCUT2D eigenvalue weighted by Gasteiger charge is 2.05. The number of halogens is 1. The standard InChI is InChI=1S/C17H13BrN2/c1-12-8-13(10-19)2-3-15(12)11-20-7-6-14-9-16(18)4-5-17(14)20/h2-9H,11H2,1H3. The smallest absolute Gasteiger partial charge is 0.0991 e. The third-order valence-corrected chi connectivity index (χ3v) is 4.04. The Morgan fingerprint density at radius 3 is 2.75 bits per heavy atom. The number of aromatic nitrogens is 1. The van der Waals surface area contributed by atoms with Gasteiger partial charge in [-0.15, -0.1) is 0 Å². The van der Waals surface area contributed by atoms with Crippen molar-refractivity contribution in [2.75, 3.05) is 0 Å². The zero-order valence-electron chi connectivity index (χ0n) is 11.1. The van der Waals surface area contributed by atoms with Crippen molar-refractivity contribution < 1.29 is 0 Å². The van der Waals surface area contributed by atoms with E-state index in [4.69, 9.17) is 5.26 Å². The molecule has 1 heterocycles. The molecule has 3 aromatic rings. The van der Waals surface area contributed by atoms with Crippen LogP contribution in [0.25, 0.3) is 10.9 Å². The van der Waals surface area contributed by atoms with Crippen LogP contribution < -0.4 is 0 Å². The molecule has 0 N–H and O–H groups in total. The van der Waals surface area contributed by atoms with Gasteiger partial charge < -0.3 is 4.57 Å². The van der Waals surface area contributed by atoms with Crippen molar-refractivity contribution in [2.24, 2.45) is 0 Å². The van der Waals surface area contributed by atoms with Crippen LogP contribution in [0, 0.1) is 18.3 Å². The molecule has 1 aromatic heterocycles. The molecule has 0 fully saturated rings. The van der Waals surface area contributed by atoms with Gasteiger partial charge in [0.05, 0.1) is 11.6 Å². The maximum Gasteiger partial charge on any atom is 0.0991 e. The third-order valence-electron chi connectivity index (χ3n) is 3.55. The van der Waals surface area contributed by atoms with E-state index in [1.807, 2.05) is 18.2 Å². The largest absolute Gasteiger partial charge is 0.343 e. The molecule has 98 valence electrons. The van der Waals surface area contributed by atoms with E-state index in [1.165, 1.54) is 16.5 Å². The lowest BCUT2D eigenvalue weighted by molar-refractivity contribution is 0.830. The van der Waals surface area contributed by atoms with Gasteiger partial charge in [-0.2, -0.15) is 5.26 Å². The fourth-order valence-corrected chi connectivity index (χ4v) is 2.81. The lowest BCUT2D eigenvalue weighted by Crippen LogP contribution is -2.00. The van der Waals surface area contributed by atoms with E-state index in [0.717, 1.165) is 16.6 Å². The maximum absolute atomic E-state index is 8.92. The van der Waals surface area contributed by atoms with Gasteiger partial charge in [0.2, 0.25) is 0 Å². The number of nitriles is 1. The first-order chi connectivity index (χ1) is 9.67. The van der Waals surface area contributed by atoms with Crippen molar-refractivity contribution in [1.82, 2.24) is 4.57 Å². The number of hydrogen-bond acceptors (Lipinski definition) is 1. The van der Waals surface area contributed by atoms with E-state index in [1.54, 1.807) is 0 Å². The minimum Gasteiger partial charge on any atom is -0.343 e. The minimum atomic E-state index is 0.715. The first kappa shape index (κ1) is 13.0. The van der Waals surface area contributed by atoms with Crippen LogP contribution in [0.1, 0.15) is 16.7 Å². The van der Waals surface area contributed by atoms with Gasteiger partial charge in [0.25, 0.3) is 0 Å². The van der Waals surface area contributed by atoms with Crippen LogP contribution >= 0.6 is 15.9 Å². The SMILES string of the molecule is Cc1cc(C#N)ccc1Cn1ccc2cc(Br)ccc21. The molecule has 0 bridgehead atoms. The van der Waals surface area contributed by atoms with Crippen LogP contribution in [0.5, 0.6) is 0 Å². The first-order valence-electron chi connectivity index (χ1n) is 6.41. The Bertz CT molecular complexity index is 825. The van der Waals surface area contributed by atoms with Crippen molar-refractivity contribution in [2.45, 2.75) is 13.5 Å². The quantitative estimate of drug-likeness (QED) is 0.675. The van der Waals surface area contributed by atoms with Gasteiger partial charge in [-0.3, -0.25) is 0 Å². The summed E-state index contributed by atoms with van der Waals surface area (Å²) in [5.74, 6) is 0. The van der Waals surface area contributed by atoms with Crippen LogP contribution in [0.15, 0.2) is 53.1 Å². The Morgan fingerprint density at radius 2 is 2.00 bits per heavy atom. The van der Waals surface area contributed by atoms with Gasteiger partial charge in [-0.25, -0.2) is 0 Å². The molecule has 0 atom stereocenters. The molecular weight excluding hydrogens is 312 g/mol. The minimum absolute atomic E-state index is 0.715. The van der Waals surface area contributed by atoms with Crippen LogP contribution in [-0.4, -0.2) is 4.57 Å². The second kappa shape index (κ2) is 5.15. The van der Waals surface area contributed by atoms with Gasteiger partial charge in [-0.05, 0) is 54.4 Å². The maximum atomic E-state index is 8.92. The number of hydrogen-bond donors (Lipinski definition) is 0. The molecule has 0 aliphatic carbocycles. The summed E-state index contributed by atoms with van der Waals surface area (Å²) < 4.78 is 3.33. The Kier molecular flexibility index (Phi) is 3.33. The summed E-state index contributed by atoms with van der Waals surface area (Å²) in [6, 6.07) is 16.5. The highest BCUT2D eigenvalue weighted by molar-refractivity contribution is 9.10. The number of nitrogens with zero attached hydrogens (tertiary/aromatic N) is 2. The topological polar surface area (TPSA) is 28.7 Å². The average Bonchev–Trinajstić information content (AvgIpc) is 2.83. The van der Waals surface area contributed by atoms with Crippen molar-refractivity contribution >= 4 is 26.8 Å². The van der Waals surface area contributed by atoms with Crippen LogP contribution in [-0.2, 0) is 6.54 Å². The van der Waals surface area contributed by atoms with Gasteiger partial charge in [-0.1, -0.05) is 22.0 Å². The fraction of sp³-hybridized carbons (Fsp3) is 0.118. The molecule has 0 radical (unpaired) electrons. The molecule has 2 nitrogen and oxygen atoms in total. The van der Waals surface area contributed by atoms with E-state index in [0.29, 0.717) is 5.56 Å². The van der Waals surface area contributed by atoms with Crippen molar-refractivity contribution in [3.8, 4) is 6.07 Å². The summed E-state index contributed by atoms with van der Waals surface area (Å²) >= 11 is 3.50. The zero-order valence-corrected chi connectivity index (χ0v) is 12.7. The highest BCUT2D eigenvalue weighted by atomic mass is 79.9. The third kappa shape index (κ3) is 2.35. The predicted octanol–water partition coefficient (Wildman–Crippen LogP) is 4.63. The predicted molar refractivity (Wildman–Crippen MR) is 84.6 cm³/mol. The van der Waals surface area contributed by atoms with Crippen LogP contribution in [0.4, 0.5) is 0 Å². The number of fused-ring (bicyclic) bond motifs is 1. The summed E-state index contributed by atoms with van der Waals surface area (Å²) in [6.45, 7) is 2.88. The molecular formula is C17H13BrN2. The van der Waals surface area contributed by atoms with E-state index < -0.39 is 0 Å². The molecule has 0 amide bonds. The molecule has 2 aromatic carbocycles. The summed E-state index contributed by atoms with van der Waals surface area (Å²) in [5, 5.41) is 10.1. The molecule has 3 rings (SSSR count). The molecule has 0 saturated heterocycles. The van der Waals surface area contributed by atoms with Gasteiger partial charge in [0, 0.05) is 28.1 Å². The highest BCUT2D eigenvalue weighted by Crippen LogP contribution is 2.22. The molecule has 3 heteroatoms. The van der Waals surface area contributed by atoms with E-state index in [2.05, 4.69) is 64.0 Å². The molecule has 20 heavy (non-hydrogen) atoms. The summed E-state index contributed by atoms with van der Waals surface area (Å²) in [6.07, 6.45) is 2.11. The summed E-state index contributed by atoms with van der Waals surface area (Å²) in [7, 11) is 0. The van der Waals surface area contributed by atoms with Crippen molar-refractivity contribution in [3.63, 3.8) is 0 Å². The fourth-order valence-electron chi connectivity index (χ4n) is 2.44. The van der Waals surface area contributed by atoms with Gasteiger partial charge >= 0.3 is 0 Å². The monoisotopic (exact) mass is 324 g/mol. The second-order valence-corrected chi connectivity index (χ2v) is 5.82. The second-order valence-electron chi connectivity index (χ2n) is 4.90. The normalized spacial score (nSPS) is 10.7. The number of benzene rings is 2. The molecule has 0 spiro atoms. The lowest BCUT2D eigenvalue weighted by Gasteiger charge is -2.09. The van der Waals surface area contributed by atoms with Gasteiger partial charge in [0.1, 0.15) is 0 Å². The average molecular weight is 325 g/mol. The lowest BCUT2D eigenvalue weighted by atomic mass is 10.1. The van der Waals surface area contributed by atoms with Crippen molar-refractivity contribution in [3.05, 3.63) is 69.8 Å². The Labute approximate surface area is 126 Å². The van der Waals surface area contributed by atoms with Crippen LogP contribution in [0.3, 0.4) is 0 Å². The molecule has 0 aliphatic rings. The zero-order chi connectivity index (χ0) is 14.1. The number of rotatable bonds is 2. The summed E-state index contributed by atoms with van der Waals surface area (Å²) in [4.78, 5) is 0. The Balaban J connectivity index is 1.99. The molecule has 0 saturated carbocycles. The van der Waals surface area contributed by atoms with Crippen LogP contribution in [0.2, 0.25) is 0 Å². The van der Waals surface area contributed by atoms with E-state index in [9.17, 15) is 0 Å². The molecule has 0 aliphatic heterocycles. The number of aryl methyl sites for hydroxylation is 1.